The third kappa shape index (κ3) is 2.71. The number of rotatable bonds is 2. The third-order valence-electron chi connectivity index (χ3n) is 3.15. The van der Waals surface area contributed by atoms with E-state index in [9.17, 15) is 10.1 Å². The van der Waals surface area contributed by atoms with Crippen molar-refractivity contribution < 1.29 is 9.37 Å². The number of piperazine rings is 1. The lowest BCUT2D eigenvalue weighted by Crippen LogP contribution is -2.42. The fourth-order valence-electron chi connectivity index (χ4n) is 2.03. The number of nitrogens with one attached hydrogen (secondary N) is 1. The Bertz CT molecular complexity index is 551. The van der Waals surface area contributed by atoms with Gasteiger partial charge in [-0.1, -0.05) is 0 Å². The van der Waals surface area contributed by atoms with Crippen molar-refractivity contribution in [2.45, 2.75) is 0 Å². The summed E-state index contributed by atoms with van der Waals surface area (Å²) in [5.74, 6) is -0.286. The number of carbonyl (C=O) groups is 1. The van der Waals surface area contributed by atoms with E-state index in [2.05, 4.69) is 28.0 Å². The van der Waals surface area contributed by atoms with Gasteiger partial charge in [0.05, 0.1) is 18.8 Å². The molecule has 0 bridgehead atoms. The van der Waals surface area contributed by atoms with Crippen LogP contribution >= 0.6 is 0 Å². The van der Waals surface area contributed by atoms with Gasteiger partial charge in [0.2, 0.25) is 0 Å². The first kappa shape index (κ1) is 13.0. The van der Waals surface area contributed by atoms with Crippen LogP contribution in [-0.2, 0) is 0 Å². The van der Waals surface area contributed by atoms with Crippen LogP contribution in [0.2, 0.25) is 0 Å². The monoisotopic (exact) mass is 258 g/mol. The number of hydrogen-bond acceptors (Lipinski definition) is 4. The second kappa shape index (κ2) is 5.48. The highest BCUT2D eigenvalue weighted by Gasteiger charge is 2.21. The molecule has 1 aromatic heterocycles. The molecule has 0 unspecified atom stereocenters. The number of nitriles is 1. The van der Waals surface area contributed by atoms with Crippen molar-refractivity contribution in [3.8, 4) is 6.07 Å². The van der Waals surface area contributed by atoms with E-state index in [-0.39, 0.29) is 11.6 Å². The smallest absolute Gasteiger partial charge is 0.269 e. The second-order valence-corrected chi connectivity index (χ2v) is 4.36. The zero-order chi connectivity index (χ0) is 13.8. The van der Waals surface area contributed by atoms with Crippen LogP contribution in [0.5, 0.6) is 0 Å². The molecule has 1 amide bonds. The minimum absolute atomic E-state index is 0.263. The van der Waals surface area contributed by atoms with E-state index in [0.717, 1.165) is 31.9 Å². The van der Waals surface area contributed by atoms with Gasteiger partial charge in [-0.05, 0) is 12.1 Å². The number of aromatic nitrogens is 1. The van der Waals surface area contributed by atoms with Gasteiger partial charge in [-0.2, -0.15) is 5.26 Å². The van der Waals surface area contributed by atoms with E-state index < -0.39 is 0 Å². The zero-order valence-electron chi connectivity index (χ0n) is 10.9. The Morgan fingerprint density at radius 2 is 2.21 bits per heavy atom. The molecule has 0 aromatic carbocycles. The first-order valence-corrected chi connectivity index (χ1v) is 6.09. The van der Waals surface area contributed by atoms with Crippen molar-refractivity contribution in [1.82, 2.24) is 10.3 Å². The summed E-state index contributed by atoms with van der Waals surface area (Å²) in [5.41, 5.74) is 1.33. The molecule has 6 heteroatoms. The van der Waals surface area contributed by atoms with Crippen LogP contribution in [0.1, 0.15) is 16.2 Å². The first-order valence-electron chi connectivity index (χ1n) is 6.09. The van der Waals surface area contributed by atoms with Crippen molar-refractivity contribution in [3.63, 3.8) is 0 Å². The molecule has 0 atom stereocenters. The second-order valence-electron chi connectivity index (χ2n) is 4.36. The van der Waals surface area contributed by atoms with Gasteiger partial charge in [0.25, 0.3) is 5.91 Å². The Morgan fingerprint density at radius 3 is 2.79 bits per heavy atom. The predicted molar refractivity (Wildman–Crippen MR) is 71.7 cm³/mol. The SMILES string of the molecule is C=[N+]1CCN(c2ccc(C(=O)NC)nc2C#N)CC1. The molecule has 1 N–H and O–H groups in total. The van der Waals surface area contributed by atoms with Crippen LogP contribution in [0, 0.1) is 11.3 Å². The zero-order valence-corrected chi connectivity index (χ0v) is 10.9. The van der Waals surface area contributed by atoms with Gasteiger partial charge in [0.1, 0.15) is 18.5 Å². The Balaban J connectivity index is 2.29. The van der Waals surface area contributed by atoms with Crippen LogP contribution in [0.25, 0.3) is 0 Å². The number of hydrogen-bond donors (Lipinski definition) is 1. The van der Waals surface area contributed by atoms with Gasteiger partial charge in [-0.25, -0.2) is 9.56 Å². The van der Waals surface area contributed by atoms with Gasteiger partial charge in [-0.15, -0.1) is 0 Å². The van der Waals surface area contributed by atoms with E-state index in [1.165, 1.54) is 7.05 Å². The molecule has 1 aliphatic rings. The summed E-state index contributed by atoms with van der Waals surface area (Å²) in [7, 11) is 1.54. The number of anilines is 1. The largest absolute Gasteiger partial charge is 0.357 e. The van der Waals surface area contributed by atoms with Gasteiger partial charge >= 0.3 is 0 Å². The maximum atomic E-state index is 11.5. The third-order valence-corrected chi connectivity index (χ3v) is 3.15. The summed E-state index contributed by atoms with van der Waals surface area (Å²) >= 11 is 0. The summed E-state index contributed by atoms with van der Waals surface area (Å²) in [6.45, 7) is 7.20. The fourth-order valence-corrected chi connectivity index (χ4v) is 2.03. The van der Waals surface area contributed by atoms with Crippen molar-refractivity contribution in [3.05, 3.63) is 23.5 Å². The van der Waals surface area contributed by atoms with E-state index >= 15 is 0 Å². The molecule has 6 nitrogen and oxygen atoms in total. The molecule has 0 saturated carbocycles. The van der Waals surface area contributed by atoms with Gasteiger partial charge in [0, 0.05) is 7.05 Å². The number of carbonyl (C=O) groups excluding carboxylic acids is 1. The standard InChI is InChI=1S/C13H15N5O/c1-15-13(19)10-3-4-12(11(9-14)16-10)18-7-5-17(2)6-8-18/h3-4H,2,5-8H2,1H3/p+1. The molecule has 2 heterocycles. The van der Waals surface area contributed by atoms with E-state index in [1.54, 1.807) is 12.1 Å². The summed E-state index contributed by atoms with van der Waals surface area (Å²) in [6.07, 6.45) is 0. The number of pyridine rings is 1. The molecule has 1 fully saturated rings. The maximum Gasteiger partial charge on any atom is 0.269 e. The molecule has 0 aliphatic carbocycles. The predicted octanol–water partition coefficient (Wildman–Crippen LogP) is -0.154. The lowest BCUT2D eigenvalue weighted by Gasteiger charge is -2.27. The molecule has 98 valence electrons. The lowest BCUT2D eigenvalue weighted by molar-refractivity contribution is -0.521. The molecule has 0 spiro atoms. The van der Waals surface area contributed by atoms with Crippen molar-refractivity contribution in [1.29, 1.82) is 5.26 Å². The first-order chi connectivity index (χ1) is 9.15. The number of amides is 1. The van der Waals surface area contributed by atoms with Crippen LogP contribution < -0.4 is 10.2 Å². The summed E-state index contributed by atoms with van der Waals surface area (Å²) in [4.78, 5) is 17.7. The number of nitrogens with zero attached hydrogens (tertiary/aromatic N) is 4. The summed E-state index contributed by atoms with van der Waals surface area (Å²) < 4.78 is 1.99. The molecule has 1 aliphatic heterocycles. The van der Waals surface area contributed by atoms with E-state index in [4.69, 9.17) is 0 Å². The molecule has 2 rings (SSSR count). The van der Waals surface area contributed by atoms with Crippen molar-refractivity contribution in [2.24, 2.45) is 0 Å². The summed E-state index contributed by atoms with van der Waals surface area (Å²) in [6, 6.07) is 5.49. The van der Waals surface area contributed by atoms with E-state index in [0.29, 0.717) is 5.69 Å². The minimum Gasteiger partial charge on any atom is -0.357 e. The Kier molecular flexibility index (Phi) is 3.76. The molecule has 1 aromatic rings. The minimum atomic E-state index is -0.286. The molecule has 1 saturated heterocycles. The molecular weight excluding hydrogens is 242 g/mol. The molecular formula is C13H16N5O+. The fraction of sp³-hybridized carbons (Fsp3) is 0.385. The van der Waals surface area contributed by atoms with Gasteiger partial charge < -0.3 is 10.2 Å². The normalized spacial score (nSPS) is 14.9. The Morgan fingerprint density at radius 1 is 1.53 bits per heavy atom. The van der Waals surface area contributed by atoms with Crippen LogP contribution in [0.4, 0.5) is 5.69 Å². The van der Waals surface area contributed by atoms with Crippen molar-refractivity contribution >= 4 is 18.3 Å². The average Bonchev–Trinajstić information content (AvgIpc) is 2.46. The van der Waals surface area contributed by atoms with Crippen LogP contribution in [0.15, 0.2) is 12.1 Å². The highest BCUT2D eigenvalue weighted by molar-refractivity contribution is 5.92. The quantitative estimate of drug-likeness (QED) is 0.749. The van der Waals surface area contributed by atoms with Gasteiger partial charge in [0.15, 0.2) is 18.8 Å². The lowest BCUT2D eigenvalue weighted by atomic mass is 10.2. The van der Waals surface area contributed by atoms with Crippen LogP contribution in [-0.4, -0.2) is 55.4 Å². The molecule has 19 heavy (non-hydrogen) atoms. The molecule has 0 radical (unpaired) electrons. The summed E-state index contributed by atoms with van der Waals surface area (Å²) in [5, 5.41) is 11.7. The highest BCUT2D eigenvalue weighted by atomic mass is 16.1. The maximum absolute atomic E-state index is 11.5. The Labute approximate surface area is 112 Å². The van der Waals surface area contributed by atoms with Crippen LogP contribution in [0.3, 0.4) is 0 Å². The topological polar surface area (TPSA) is 72.0 Å². The average molecular weight is 258 g/mol. The van der Waals surface area contributed by atoms with Crippen molar-refractivity contribution in [2.75, 3.05) is 38.1 Å². The van der Waals surface area contributed by atoms with Gasteiger partial charge in [-0.3, -0.25) is 4.79 Å². The highest BCUT2D eigenvalue weighted by Crippen LogP contribution is 2.19. The van der Waals surface area contributed by atoms with E-state index in [1.807, 2.05) is 4.58 Å². The Hall–Kier alpha value is -2.42.